The summed E-state index contributed by atoms with van der Waals surface area (Å²) in [5.74, 6) is 0.0925. The highest BCUT2D eigenvalue weighted by molar-refractivity contribution is 6.32. The second-order valence-electron chi connectivity index (χ2n) is 7.25. The molecule has 0 aliphatic carbocycles. The Morgan fingerprint density at radius 2 is 2.03 bits per heavy atom. The van der Waals surface area contributed by atoms with Crippen molar-refractivity contribution in [3.8, 4) is 5.75 Å². The molecule has 0 radical (unpaired) electrons. The van der Waals surface area contributed by atoms with Crippen LogP contribution in [0.4, 0.5) is 11.4 Å². The van der Waals surface area contributed by atoms with Gasteiger partial charge >= 0.3 is 0 Å². The quantitative estimate of drug-likeness (QED) is 0.635. The number of hydrogen-bond acceptors (Lipinski definition) is 4. The summed E-state index contributed by atoms with van der Waals surface area (Å²) in [7, 11) is 0. The first-order valence-corrected chi connectivity index (χ1v) is 10.0. The number of carbonyl (C=O) groups excluding carboxylic acids is 2. The molecule has 7 heteroatoms. The first-order valence-electron chi connectivity index (χ1n) is 9.63. The first kappa shape index (κ1) is 20.0. The summed E-state index contributed by atoms with van der Waals surface area (Å²) in [5, 5.41) is 3.33. The van der Waals surface area contributed by atoms with Crippen molar-refractivity contribution < 1.29 is 18.7 Å². The van der Waals surface area contributed by atoms with Crippen molar-refractivity contribution in [1.82, 2.24) is 0 Å². The van der Waals surface area contributed by atoms with Gasteiger partial charge in [-0.25, -0.2) is 0 Å². The Labute approximate surface area is 179 Å². The van der Waals surface area contributed by atoms with E-state index < -0.39 is 6.10 Å². The number of benzene rings is 2. The molecule has 2 aromatic carbocycles. The van der Waals surface area contributed by atoms with E-state index in [2.05, 4.69) is 5.32 Å². The largest absolute Gasteiger partial charge is 0.479 e. The molecule has 4 rings (SSSR count). The summed E-state index contributed by atoms with van der Waals surface area (Å²) in [6.45, 7) is 4.19. The van der Waals surface area contributed by atoms with Crippen LogP contribution in [0.15, 0.2) is 59.4 Å². The minimum absolute atomic E-state index is 0.101. The van der Waals surface area contributed by atoms with Gasteiger partial charge < -0.3 is 19.4 Å². The summed E-state index contributed by atoms with van der Waals surface area (Å²) >= 11 is 6.15. The lowest BCUT2D eigenvalue weighted by Gasteiger charge is -2.18. The van der Waals surface area contributed by atoms with E-state index in [-0.39, 0.29) is 11.8 Å². The highest BCUT2D eigenvalue weighted by atomic mass is 35.5. The van der Waals surface area contributed by atoms with Crippen LogP contribution in [0.3, 0.4) is 0 Å². The molecule has 30 heavy (non-hydrogen) atoms. The van der Waals surface area contributed by atoms with Gasteiger partial charge in [0.05, 0.1) is 16.8 Å². The van der Waals surface area contributed by atoms with Crippen molar-refractivity contribution in [3.63, 3.8) is 0 Å². The smallest absolute Gasteiger partial charge is 0.265 e. The van der Waals surface area contributed by atoms with Crippen molar-refractivity contribution in [2.45, 2.75) is 26.4 Å². The normalized spacial score (nSPS) is 13.6. The Balaban J connectivity index is 1.44. The molecule has 3 aromatic rings. The maximum Gasteiger partial charge on any atom is 0.265 e. The van der Waals surface area contributed by atoms with Gasteiger partial charge in [0.1, 0.15) is 12.0 Å². The summed E-state index contributed by atoms with van der Waals surface area (Å²) in [6, 6.07) is 12.6. The van der Waals surface area contributed by atoms with E-state index >= 15 is 0 Å². The van der Waals surface area contributed by atoms with Crippen LogP contribution in [0, 0.1) is 6.92 Å². The third kappa shape index (κ3) is 4.04. The van der Waals surface area contributed by atoms with Crippen molar-refractivity contribution in [1.29, 1.82) is 0 Å². The van der Waals surface area contributed by atoms with Crippen LogP contribution in [0.1, 0.15) is 28.4 Å². The van der Waals surface area contributed by atoms with E-state index in [0.29, 0.717) is 35.0 Å². The molecule has 1 N–H and O–H groups in total. The van der Waals surface area contributed by atoms with Gasteiger partial charge in [-0.05, 0) is 67.8 Å². The van der Waals surface area contributed by atoms with Gasteiger partial charge in [0.15, 0.2) is 6.10 Å². The molecule has 1 atom stereocenters. The third-order valence-electron chi connectivity index (χ3n) is 5.02. The highest BCUT2D eigenvalue weighted by Crippen LogP contribution is 2.32. The summed E-state index contributed by atoms with van der Waals surface area (Å²) < 4.78 is 10.7. The lowest BCUT2D eigenvalue weighted by atomic mass is 10.1. The van der Waals surface area contributed by atoms with Gasteiger partial charge in [0, 0.05) is 17.9 Å². The maximum absolute atomic E-state index is 12.6. The van der Waals surface area contributed by atoms with Gasteiger partial charge in [-0.3, -0.25) is 9.59 Å². The molecular formula is C23H21ClN2O4. The molecule has 154 valence electrons. The number of nitrogens with one attached hydrogen (secondary N) is 1. The number of nitrogens with zero attached hydrogens (tertiary/aromatic N) is 1. The molecule has 0 saturated carbocycles. The Bertz CT molecular complexity index is 1090. The van der Waals surface area contributed by atoms with E-state index in [9.17, 15) is 9.59 Å². The Hall–Kier alpha value is -3.25. The van der Waals surface area contributed by atoms with Gasteiger partial charge in [0.25, 0.3) is 11.8 Å². The fourth-order valence-corrected chi connectivity index (χ4v) is 3.58. The molecule has 0 saturated heterocycles. The zero-order valence-corrected chi connectivity index (χ0v) is 17.4. The Kier molecular flexibility index (Phi) is 5.50. The molecule has 0 bridgehead atoms. The van der Waals surface area contributed by atoms with E-state index in [1.165, 1.54) is 12.5 Å². The SMILES string of the molecule is Cc1ccc(Cl)c(OC(C)C(=O)Nc2ccc3c(c2)CCN3C(=O)c2ccoc2)c1. The van der Waals surface area contributed by atoms with Crippen LogP contribution >= 0.6 is 11.6 Å². The van der Waals surface area contributed by atoms with Crippen molar-refractivity contribution in [3.05, 3.63) is 76.7 Å². The second-order valence-corrected chi connectivity index (χ2v) is 7.65. The van der Waals surface area contributed by atoms with E-state index in [1.54, 1.807) is 36.1 Å². The standard InChI is InChI=1S/C23H21ClN2O4/c1-14-3-5-19(24)21(11-14)30-15(2)22(27)25-18-4-6-20-16(12-18)7-9-26(20)23(28)17-8-10-29-13-17/h3-6,8,10-13,15H,7,9H2,1-2H3,(H,25,27). The van der Waals surface area contributed by atoms with Crippen molar-refractivity contribution in [2.24, 2.45) is 0 Å². The van der Waals surface area contributed by atoms with Crippen LogP contribution in [-0.4, -0.2) is 24.5 Å². The molecule has 1 aliphatic heterocycles. The fraction of sp³-hybridized carbons (Fsp3) is 0.217. The van der Waals surface area contributed by atoms with E-state index in [4.69, 9.17) is 20.8 Å². The topological polar surface area (TPSA) is 71.8 Å². The number of hydrogen-bond donors (Lipinski definition) is 1. The molecule has 6 nitrogen and oxygen atoms in total. The number of halogens is 1. The maximum atomic E-state index is 12.6. The lowest BCUT2D eigenvalue weighted by Crippen LogP contribution is -2.30. The average Bonchev–Trinajstić information content (AvgIpc) is 3.40. The molecule has 2 amide bonds. The van der Waals surface area contributed by atoms with Gasteiger partial charge in [0.2, 0.25) is 0 Å². The van der Waals surface area contributed by atoms with E-state index in [1.807, 2.05) is 25.1 Å². The van der Waals surface area contributed by atoms with Crippen molar-refractivity contribution >= 4 is 34.8 Å². The highest BCUT2D eigenvalue weighted by Gasteiger charge is 2.26. The number of rotatable bonds is 5. The fourth-order valence-electron chi connectivity index (χ4n) is 3.42. The van der Waals surface area contributed by atoms with Crippen LogP contribution in [0.2, 0.25) is 5.02 Å². The van der Waals surface area contributed by atoms with Crippen LogP contribution in [-0.2, 0) is 11.2 Å². The minimum atomic E-state index is -0.725. The number of anilines is 2. The minimum Gasteiger partial charge on any atom is -0.479 e. The molecule has 1 aliphatic rings. The molecule has 1 unspecified atom stereocenters. The molecule has 0 spiro atoms. The zero-order valence-electron chi connectivity index (χ0n) is 16.6. The summed E-state index contributed by atoms with van der Waals surface area (Å²) in [6.07, 6.45) is 2.91. The van der Waals surface area contributed by atoms with Gasteiger partial charge in [-0.2, -0.15) is 0 Å². The molecular weight excluding hydrogens is 404 g/mol. The Morgan fingerprint density at radius 1 is 1.20 bits per heavy atom. The third-order valence-corrected chi connectivity index (χ3v) is 5.33. The zero-order chi connectivity index (χ0) is 21.3. The Morgan fingerprint density at radius 3 is 2.80 bits per heavy atom. The number of fused-ring (bicyclic) bond motifs is 1. The predicted octanol–water partition coefficient (Wildman–Crippen LogP) is 4.85. The summed E-state index contributed by atoms with van der Waals surface area (Å²) in [4.78, 5) is 26.9. The molecule has 1 aromatic heterocycles. The van der Waals surface area contributed by atoms with E-state index in [0.717, 1.165) is 16.8 Å². The van der Waals surface area contributed by atoms with Crippen LogP contribution in [0.25, 0.3) is 0 Å². The van der Waals surface area contributed by atoms with Crippen LogP contribution in [0.5, 0.6) is 5.75 Å². The van der Waals surface area contributed by atoms with Crippen molar-refractivity contribution in [2.75, 3.05) is 16.8 Å². The number of ether oxygens (including phenoxy) is 1. The summed E-state index contributed by atoms with van der Waals surface area (Å²) in [5.41, 5.74) is 4.01. The predicted molar refractivity (Wildman–Crippen MR) is 115 cm³/mol. The number of aryl methyl sites for hydroxylation is 1. The van der Waals surface area contributed by atoms with Gasteiger partial charge in [-0.15, -0.1) is 0 Å². The monoisotopic (exact) mass is 424 g/mol. The molecule has 2 heterocycles. The van der Waals surface area contributed by atoms with Crippen LogP contribution < -0.4 is 15.0 Å². The number of furan rings is 1. The average molecular weight is 425 g/mol. The van der Waals surface area contributed by atoms with Gasteiger partial charge in [-0.1, -0.05) is 17.7 Å². The lowest BCUT2D eigenvalue weighted by molar-refractivity contribution is -0.122. The first-order chi connectivity index (χ1) is 14.4. The number of amides is 2. The molecule has 0 fully saturated rings. The number of carbonyl (C=O) groups is 2. The second kappa shape index (κ2) is 8.24.